The maximum absolute atomic E-state index is 12.3. The van der Waals surface area contributed by atoms with E-state index < -0.39 is 29.8 Å². The molecule has 0 amide bonds. The first kappa shape index (κ1) is 14.7. The highest BCUT2D eigenvalue weighted by Crippen LogP contribution is 2.32. The number of nitro benzene ring substituents is 1. The summed E-state index contributed by atoms with van der Waals surface area (Å²) in [5.41, 5.74) is -0.421. The number of nitrogens with zero attached hydrogens (tertiary/aromatic N) is 1. The average molecular weight is 279 g/mol. The standard InChI is InChI=1S/C10H8F3NO5/c11-10(12,13)5-8(19-9(15)16)6-1-3-7(4-2-6)14(17)18/h1-4,8H,5H2,(H,15,16). The van der Waals surface area contributed by atoms with E-state index in [9.17, 15) is 28.1 Å². The summed E-state index contributed by atoms with van der Waals surface area (Å²) in [5.74, 6) is 0. The molecule has 0 heterocycles. The highest BCUT2D eigenvalue weighted by atomic mass is 19.4. The molecule has 6 nitrogen and oxygen atoms in total. The Balaban J connectivity index is 2.96. The number of hydrogen-bond donors (Lipinski definition) is 1. The summed E-state index contributed by atoms with van der Waals surface area (Å²) < 4.78 is 40.9. The molecule has 1 rings (SSSR count). The molecule has 19 heavy (non-hydrogen) atoms. The molecule has 0 saturated heterocycles. The first-order valence-corrected chi connectivity index (χ1v) is 4.90. The Hall–Kier alpha value is -2.32. The monoisotopic (exact) mass is 279 g/mol. The minimum Gasteiger partial charge on any atom is -0.450 e. The fourth-order valence-corrected chi connectivity index (χ4v) is 1.37. The molecule has 1 aromatic carbocycles. The van der Waals surface area contributed by atoms with Gasteiger partial charge in [-0.1, -0.05) is 0 Å². The van der Waals surface area contributed by atoms with Gasteiger partial charge in [0.2, 0.25) is 0 Å². The van der Waals surface area contributed by atoms with Crippen LogP contribution in [0.15, 0.2) is 24.3 Å². The normalized spacial score (nSPS) is 12.8. The van der Waals surface area contributed by atoms with E-state index in [2.05, 4.69) is 4.74 Å². The van der Waals surface area contributed by atoms with Gasteiger partial charge >= 0.3 is 12.3 Å². The van der Waals surface area contributed by atoms with Crippen LogP contribution in [0, 0.1) is 10.1 Å². The van der Waals surface area contributed by atoms with Crippen molar-refractivity contribution in [2.75, 3.05) is 0 Å². The summed E-state index contributed by atoms with van der Waals surface area (Å²) >= 11 is 0. The van der Waals surface area contributed by atoms with Crippen molar-refractivity contribution in [2.24, 2.45) is 0 Å². The number of carbonyl (C=O) groups is 1. The second-order valence-electron chi connectivity index (χ2n) is 3.54. The maximum Gasteiger partial charge on any atom is 0.506 e. The summed E-state index contributed by atoms with van der Waals surface area (Å²) in [6.45, 7) is 0. The number of halogens is 3. The summed E-state index contributed by atoms with van der Waals surface area (Å²) in [7, 11) is 0. The number of carboxylic acid groups (broad SMARTS) is 1. The SMILES string of the molecule is O=C(O)OC(CC(F)(F)F)c1ccc([N+](=O)[O-])cc1. The van der Waals surface area contributed by atoms with Gasteiger partial charge in [0.15, 0.2) is 0 Å². The number of nitro groups is 1. The van der Waals surface area contributed by atoms with E-state index in [-0.39, 0.29) is 11.3 Å². The van der Waals surface area contributed by atoms with Crippen LogP contribution in [0.2, 0.25) is 0 Å². The zero-order valence-corrected chi connectivity index (χ0v) is 9.26. The van der Waals surface area contributed by atoms with E-state index in [0.717, 1.165) is 24.3 Å². The lowest BCUT2D eigenvalue weighted by molar-refractivity contribution is -0.384. The third-order valence-electron chi connectivity index (χ3n) is 2.14. The van der Waals surface area contributed by atoms with Gasteiger partial charge in [0, 0.05) is 12.1 Å². The summed E-state index contributed by atoms with van der Waals surface area (Å²) in [4.78, 5) is 20.0. The van der Waals surface area contributed by atoms with E-state index in [0.29, 0.717) is 0 Å². The van der Waals surface area contributed by atoms with Crippen molar-refractivity contribution in [3.63, 3.8) is 0 Å². The fourth-order valence-electron chi connectivity index (χ4n) is 1.37. The van der Waals surface area contributed by atoms with Crippen molar-refractivity contribution in [1.29, 1.82) is 0 Å². The Labute approximate surface area is 104 Å². The minimum absolute atomic E-state index is 0.106. The van der Waals surface area contributed by atoms with E-state index >= 15 is 0 Å². The van der Waals surface area contributed by atoms with E-state index in [1.807, 2.05) is 0 Å². The molecule has 9 heteroatoms. The smallest absolute Gasteiger partial charge is 0.450 e. The van der Waals surface area contributed by atoms with Gasteiger partial charge in [-0.25, -0.2) is 4.79 Å². The number of hydrogen-bond acceptors (Lipinski definition) is 4. The molecule has 0 saturated carbocycles. The molecule has 0 aromatic heterocycles. The molecule has 0 aliphatic heterocycles. The van der Waals surface area contributed by atoms with Crippen molar-refractivity contribution in [3.05, 3.63) is 39.9 Å². The number of alkyl halides is 3. The Kier molecular flexibility index (Phi) is 4.30. The molecule has 0 aliphatic rings. The number of benzene rings is 1. The number of non-ortho nitro benzene ring substituents is 1. The van der Waals surface area contributed by atoms with Gasteiger partial charge in [-0.3, -0.25) is 10.1 Å². The van der Waals surface area contributed by atoms with E-state index in [1.54, 1.807) is 0 Å². The van der Waals surface area contributed by atoms with Crippen LogP contribution in [-0.2, 0) is 4.74 Å². The lowest BCUT2D eigenvalue weighted by Crippen LogP contribution is -2.18. The van der Waals surface area contributed by atoms with Crippen LogP contribution in [0.3, 0.4) is 0 Å². The highest BCUT2D eigenvalue weighted by molar-refractivity contribution is 5.57. The second kappa shape index (κ2) is 5.55. The Morgan fingerprint density at radius 3 is 2.26 bits per heavy atom. The van der Waals surface area contributed by atoms with E-state index in [1.165, 1.54) is 0 Å². The average Bonchev–Trinajstić information content (AvgIpc) is 2.25. The zero-order valence-electron chi connectivity index (χ0n) is 9.26. The predicted octanol–water partition coefficient (Wildman–Crippen LogP) is 3.28. The van der Waals surface area contributed by atoms with Crippen molar-refractivity contribution >= 4 is 11.8 Å². The van der Waals surface area contributed by atoms with Crippen molar-refractivity contribution in [1.82, 2.24) is 0 Å². The third kappa shape index (κ3) is 4.82. The molecule has 0 fully saturated rings. The molecule has 1 aromatic rings. The third-order valence-corrected chi connectivity index (χ3v) is 2.14. The largest absolute Gasteiger partial charge is 0.506 e. The predicted molar refractivity (Wildman–Crippen MR) is 55.6 cm³/mol. The maximum atomic E-state index is 12.3. The molecule has 0 bridgehead atoms. The number of rotatable bonds is 4. The van der Waals surface area contributed by atoms with Gasteiger partial charge in [0.05, 0.1) is 11.3 Å². The summed E-state index contributed by atoms with van der Waals surface area (Å²) in [6, 6.07) is 4.00. The summed E-state index contributed by atoms with van der Waals surface area (Å²) in [5, 5.41) is 18.8. The van der Waals surface area contributed by atoms with Crippen LogP contribution in [0.25, 0.3) is 0 Å². The molecule has 1 unspecified atom stereocenters. The topological polar surface area (TPSA) is 89.7 Å². The van der Waals surface area contributed by atoms with Crippen LogP contribution in [-0.4, -0.2) is 22.4 Å². The lowest BCUT2D eigenvalue weighted by atomic mass is 10.1. The van der Waals surface area contributed by atoms with Crippen LogP contribution in [0.4, 0.5) is 23.7 Å². The molecular weight excluding hydrogens is 271 g/mol. The van der Waals surface area contributed by atoms with Gasteiger partial charge in [-0.05, 0) is 17.7 Å². The molecule has 1 N–H and O–H groups in total. The van der Waals surface area contributed by atoms with Gasteiger partial charge < -0.3 is 9.84 Å². The number of ether oxygens (including phenoxy) is 1. The first-order valence-electron chi connectivity index (χ1n) is 4.90. The van der Waals surface area contributed by atoms with Gasteiger partial charge in [-0.2, -0.15) is 13.2 Å². The fraction of sp³-hybridized carbons (Fsp3) is 0.300. The first-order chi connectivity index (χ1) is 8.69. The van der Waals surface area contributed by atoms with Crippen molar-refractivity contribution < 1.29 is 32.7 Å². The molecule has 0 spiro atoms. The van der Waals surface area contributed by atoms with Crippen LogP contribution < -0.4 is 0 Å². The van der Waals surface area contributed by atoms with Gasteiger partial charge in [0.25, 0.3) is 5.69 Å². The molecule has 0 aliphatic carbocycles. The molecule has 0 radical (unpaired) electrons. The van der Waals surface area contributed by atoms with Crippen molar-refractivity contribution in [3.8, 4) is 0 Å². The van der Waals surface area contributed by atoms with E-state index in [4.69, 9.17) is 5.11 Å². The second-order valence-corrected chi connectivity index (χ2v) is 3.54. The Bertz CT molecular complexity index is 471. The Morgan fingerprint density at radius 2 is 1.89 bits per heavy atom. The van der Waals surface area contributed by atoms with Crippen molar-refractivity contribution in [2.45, 2.75) is 18.7 Å². The van der Waals surface area contributed by atoms with Gasteiger partial charge in [-0.15, -0.1) is 0 Å². The summed E-state index contributed by atoms with van der Waals surface area (Å²) in [6.07, 6.45) is -9.73. The zero-order chi connectivity index (χ0) is 14.6. The van der Waals surface area contributed by atoms with Crippen LogP contribution in [0.5, 0.6) is 0 Å². The van der Waals surface area contributed by atoms with Gasteiger partial charge in [0.1, 0.15) is 6.10 Å². The molecule has 1 atom stereocenters. The highest BCUT2D eigenvalue weighted by Gasteiger charge is 2.35. The molecule has 104 valence electrons. The quantitative estimate of drug-likeness (QED) is 0.519. The lowest BCUT2D eigenvalue weighted by Gasteiger charge is -2.17. The van der Waals surface area contributed by atoms with Crippen LogP contribution >= 0.6 is 0 Å². The molecular formula is C10H8F3NO5. The van der Waals surface area contributed by atoms with Crippen LogP contribution in [0.1, 0.15) is 18.1 Å². The minimum atomic E-state index is -4.62. The Morgan fingerprint density at radius 1 is 1.37 bits per heavy atom.